The van der Waals surface area contributed by atoms with E-state index >= 15 is 0 Å². The number of nitrogens with one attached hydrogen (secondary N) is 1. The van der Waals surface area contributed by atoms with Crippen molar-refractivity contribution >= 4 is 17.3 Å². The van der Waals surface area contributed by atoms with Gasteiger partial charge in [0.15, 0.2) is 0 Å². The van der Waals surface area contributed by atoms with Crippen LogP contribution < -0.4 is 10.1 Å². The van der Waals surface area contributed by atoms with Crippen LogP contribution in [0.3, 0.4) is 0 Å². The van der Waals surface area contributed by atoms with Gasteiger partial charge in [-0.15, -0.1) is 0 Å². The van der Waals surface area contributed by atoms with Gasteiger partial charge in [-0.3, -0.25) is 0 Å². The van der Waals surface area contributed by atoms with Crippen LogP contribution in [0.25, 0.3) is 0 Å². The van der Waals surface area contributed by atoms with E-state index < -0.39 is 0 Å². The second-order valence-electron chi connectivity index (χ2n) is 5.22. The molecule has 0 unspecified atom stereocenters. The number of methoxy groups -OCH3 is 1. The van der Waals surface area contributed by atoms with Gasteiger partial charge in [0.2, 0.25) is 0 Å². The second-order valence-corrected chi connectivity index (χ2v) is 5.65. The van der Waals surface area contributed by atoms with Crippen LogP contribution in [-0.2, 0) is 6.54 Å². The van der Waals surface area contributed by atoms with Gasteiger partial charge in [-0.05, 0) is 48.1 Å². The van der Waals surface area contributed by atoms with Gasteiger partial charge < -0.3 is 10.1 Å². The van der Waals surface area contributed by atoms with Crippen molar-refractivity contribution in [2.75, 3.05) is 12.4 Å². The standard InChI is InChI=1S/C17H18ClNO/c1-20-17-8-7-15(18)10-16(17)19-11-12-3-2-4-14(9-12)13-5-6-13/h2-4,7-10,13,19H,5-6,11H2,1H3. The molecule has 0 aliphatic heterocycles. The molecule has 1 aliphatic rings. The molecule has 2 nitrogen and oxygen atoms in total. The Labute approximate surface area is 124 Å². The molecule has 20 heavy (non-hydrogen) atoms. The monoisotopic (exact) mass is 287 g/mol. The van der Waals surface area contributed by atoms with Crippen molar-refractivity contribution in [3.05, 3.63) is 58.6 Å². The van der Waals surface area contributed by atoms with Crippen LogP contribution >= 0.6 is 11.6 Å². The van der Waals surface area contributed by atoms with Gasteiger partial charge >= 0.3 is 0 Å². The van der Waals surface area contributed by atoms with Crippen LogP contribution in [0.5, 0.6) is 5.75 Å². The lowest BCUT2D eigenvalue weighted by molar-refractivity contribution is 0.416. The minimum atomic E-state index is 0.708. The summed E-state index contributed by atoms with van der Waals surface area (Å²) in [4.78, 5) is 0. The zero-order chi connectivity index (χ0) is 13.9. The van der Waals surface area contributed by atoms with Crippen molar-refractivity contribution in [1.29, 1.82) is 0 Å². The minimum absolute atomic E-state index is 0.708. The van der Waals surface area contributed by atoms with E-state index in [4.69, 9.17) is 16.3 Å². The van der Waals surface area contributed by atoms with Crippen molar-refractivity contribution < 1.29 is 4.74 Å². The third-order valence-corrected chi connectivity index (χ3v) is 3.88. The van der Waals surface area contributed by atoms with Crippen LogP contribution in [0.2, 0.25) is 5.02 Å². The highest BCUT2D eigenvalue weighted by Crippen LogP contribution is 2.40. The summed E-state index contributed by atoms with van der Waals surface area (Å²) in [6.07, 6.45) is 2.66. The van der Waals surface area contributed by atoms with E-state index in [1.54, 1.807) is 7.11 Å². The molecule has 0 aromatic heterocycles. The summed E-state index contributed by atoms with van der Waals surface area (Å²) in [6, 6.07) is 14.4. The number of halogens is 1. The number of rotatable bonds is 5. The maximum atomic E-state index is 6.04. The molecular formula is C17H18ClNO. The van der Waals surface area contributed by atoms with E-state index in [0.29, 0.717) is 5.02 Å². The quantitative estimate of drug-likeness (QED) is 0.850. The van der Waals surface area contributed by atoms with Crippen LogP contribution in [-0.4, -0.2) is 7.11 Å². The van der Waals surface area contributed by atoms with Crippen molar-refractivity contribution in [3.8, 4) is 5.75 Å². The molecule has 104 valence electrons. The zero-order valence-corrected chi connectivity index (χ0v) is 12.3. The van der Waals surface area contributed by atoms with Crippen molar-refractivity contribution in [2.45, 2.75) is 25.3 Å². The van der Waals surface area contributed by atoms with Crippen LogP contribution in [0.1, 0.15) is 29.9 Å². The molecule has 1 fully saturated rings. The van der Waals surface area contributed by atoms with Gasteiger partial charge in [0.1, 0.15) is 5.75 Å². The van der Waals surface area contributed by atoms with Crippen LogP contribution in [0, 0.1) is 0 Å². The molecule has 0 amide bonds. The lowest BCUT2D eigenvalue weighted by Gasteiger charge is -2.12. The molecule has 0 radical (unpaired) electrons. The molecule has 1 aliphatic carbocycles. The number of benzene rings is 2. The van der Waals surface area contributed by atoms with Crippen molar-refractivity contribution in [2.24, 2.45) is 0 Å². The summed E-state index contributed by atoms with van der Waals surface area (Å²) in [5.41, 5.74) is 3.68. The molecule has 0 saturated heterocycles. The minimum Gasteiger partial charge on any atom is -0.495 e. The maximum absolute atomic E-state index is 6.04. The first-order valence-corrected chi connectivity index (χ1v) is 7.30. The summed E-state index contributed by atoms with van der Waals surface area (Å²) in [5, 5.41) is 4.11. The molecule has 0 heterocycles. The fourth-order valence-electron chi connectivity index (χ4n) is 2.39. The Morgan fingerprint density at radius 3 is 2.80 bits per heavy atom. The summed E-state index contributed by atoms with van der Waals surface area (Å²) >= 11 is 6.04. The number of anilines is 1. The lowest BCUT2D eigenvalue weighted by atomic mass is 10.1. The zero-order valence-electron chi connectivity index (χ0n) is 11.5. The van der Waals surface area contributed by atoms with Gasteiger partial charge in [0.25, 0.3) is 0 Å². The Balaban J connectivity index is 1.72. The third kappa shape index (κ3) is 3.07. The molecule has 0 atom stereocenters. The van der Waals surface area contributed by atoms with E-state index in [1.807, 2.05) is 18.2 Å². The molecule has 3 heteroatoms. The molecule has 1 saturated carbocycles. The van der Waals surface area contributed by atoms with Crippen molar-refractivity contribution in [3.63, 3.8) is 0 Å². The third-order valence-electron chi connectivity index (χ3n) is 3.64. The molecule has 0 bridgehead atoms. The summed E-state index contributed by atoms with van der Waals surface area (Å²) < 4.78 is 5.34. The number of ether oxygens (including phenoxy) is 1. The first-order chi connectivity index (χ1) is 9.76. The average Bonchev–Trinajstić information content (AvgIpc) is 3.30. The van der Waals surface area contributed by atoms with E-state index in [9.17, 15) is 0 Å². The lowest BCUT2D eigenvalue weighted by Crippen LogP contribution is -2.01. The van der Waals surface area contributed by atoms with Gasteiger partial charge in [0, 0.05) is 11.6 Å². The highest BCUT2D eigenvalue weighted by Gasteiger charge is 2.23. The number of hydrogen-bond acceptors (Lipinski definition) is 2. The Morgan fingerprint density at radius 2 is 2.05 bits per heavy atom. The van der Waals surface area contributed by atoms with Gasteiger partial charge in [-0.2, -0.15) is 0 Å². The predicted octanol–water partition coefficient (Wildman–Crippen LogP) is 4.84. The molecular weight excluding hydrogens is 270 g/mol. The predicted molar refractivity (Wildman–Crippen MR) is 83.7 cm³/mol. The highest BCUT2D eigenvalue weighted by atomic mass is 35.5. The molecule has 1 N–H and O–H groups in total. The second kappa shape index (κ2) is 5.76. The molecule has 2 aromatic rings. The Morgan fingerprint density at radius 1 is 1.20 bits per heavy atom. The van der Waals surface area contributed by atoms with E-state index in [2.05, 4.69) is 29.6 Å². The molecule has 0 spiro atoms. The van der Waals surface area contributed by atoms with E-state index in [0.717, 1.165) is 23.9 Å². The SMILES string of the molecule is COc1ccc(Cl)cc1NCc1cccc(C2CC2)c1. The molecule has 3 rings (SSSR count). The van der Waals surface area contributed by atoms with Gasteiger partial charge in [-0.1, -0.05) is 35.9 Å². The topological polar surface area (TPSA) is 21.3 Å². The Hall–Kier alpha value is -1.67. The summed E-state index contributed by atoms with van der Waals surface area (Å²) in [6.45, 7) is 0.775. The Kier molecular flexibility index (Phi) is 3.83. The normalized spacial score (nSPS) is 14.1. The number of hydrogen-bond donors (Lipinski definition) is 1. The van der Waals surface area contributed by atoms with E-state index in [-0.39, 0.29) is 0 Å². The fourth-order valence-corrected chi connectivity index (χ4v) is 2.56. The maximum Gasteiger partial charge on any atom is 0.142 e. The first kappa shape index (κ1) is 13.3. The largest absolute Gasteiger partial charge is 0.495 e. The summed E-state index contributed by atoms with van der Waals surface area (Å²) in [7, 11) is 1.67. The summed E-state index contributed by atoms with van der Waals surface area (Å²) in [5.74, 6) is 1.60. The molecule has 2 aromatic carbocycles. The van der Waals surface area contributed by atoms with Gasteiger partial charge in [0.05, 0.1) is 12.8 Å². The van der Waals surface area contributed by atoms with Crippen LogP contribution in [0.4, 0.5) is 5.69 Å². The smallest absolute Gasteiger partial charge is 0.142 e. The highest BCUT2D eigenvalue weighted by molar-refractivity contribution is 6.30. The first-order valence-electron chi connectivity index (χ1n) is 6.92. The van der Waals surface area contributed by atoms with Crippen molar-refractivity contribution in [1.82, 2.24) is 0 Å². The Bertz CT molecular complexity index is 608. The van der Waals surface area contributed by atoms with Gasteiger partial charge in [-0.25, -0.2) is 0 Å². The van der Waals surface area contributed by atoms with E-state index in [1.165, 1.54) is 24.0 Å². The van der Waals surface area contributed by atoms with Crippen LogP contribution in [0.15, 0.2) is 42.5 Å². The fraction of sp³-hybridized carbons (Fsp3) is 0.294. The average molecular weight is 288 g/mol.